The molecule has 1 aromatic heterocycles. The van der Waals surface area contributed by atoms with Crippen molar-refractivity contribution in [2.75, 3.05) is 38.2 Å². The molecule has 0 bridgehead atoms. The van der Waals surface area contributed by atoms with Crippen molar-refractivity contribution >= 4 is 27.5 Å². The van der Waals surface area contributed by atoms with Crippen LogP contribution in [0, 0.1) is 0 Å². The van der Waals surface area contributed by atoms with E-state index >= 15 is 0 Å². The standard InChI is InChI=1S/C21H27N5O5S/c22-20(27)19-5-2-6-25(19)14-15-3-1-4-16(11-15)24-21(28)18-12-17(13-23-18)32(29,30)26-7-9-31-10-8-26/h1,3-4,11-13,19,23H,2,5-10,14H2,(H2,22,27)(H,24,28). The van der Waals surface area contributed by atoms with E-state index in [0.29, 0.717) is 25.4 Å². The summed E-state index contributed by atoms with van der Waals surface area (Å²) in [5, 5.41) is 2.79. The fourth-order valence-electron chi connectivity index (χ4n) is 4.11. The van der Waals surface area contributed by atoms with Crippen LogP contribution in [0.3, 0.4) is 0 Å². The molecule has 2 aliphatic rings. The minimum Gasteiger partial charge on any atom is -0.379 e. The van der Waals surface area contributed by atoms with Gasteiger partial charge in [0.15, 0.2) is 0 Å². The van der Waals surface area contributed by atoms with E-state index in [4.69, 9.17) is 10.5 Å². The number of likely N-dealkylation sites (tertiary alicyclic amines) is 1. The summed E-state index contributed by atoms with van der Waals surface area (Å²) in [5.74, 6) is -0.761. The first-order valence-electron chi connectivity index (χ1n) is 10.5. The Hall–Kier alpha value is -2.73. The summed E-state index contributed by atoms with van der Waals surface area (Å²) in [7, 11) is -3.68. The molecule has 2 saturated heterocycles. The third-order valence-corrected chi connectivity index (χ3v) is 7.65. The van der Waals surface area contributed by atoms with Gasteiger partial charge in [-0.05, 0) is 43.1 Å². The summed E-state index contributed by atoms with van der Waals surface area (Å²) in [5.41, 5.74) is 7.16. The number of nitrogens with one attached hydrogen (secondary N) is 2. The number of hydrogen-bond acceptors (Lipinski definition) is 6. The fourth-order valence-corrected chi connectivity index (χ4v) is 5.51. The van der Waals surface area contributed by atoms with Crippen LogP contribution in [0.15, 0.2) is 41.4 Å². The van der Waals surface area contributed by atoms with Crippen molar-refractivity contribution in [2.45, 2.75) is 30.3 Å². The van der Waals surface area contributed by atoms with Gasteiger partial charge in [-0.2, -0.15) is 4.31 Å². The van der Waals surface area contributed by atoms with Crippen LogP contribution in [-0.4, -0.2) is 73.3 Å². The SMILES string of the molecule is NC(=O)C1CCCN1Cc1cccc(NC(=O)c2cc(S(=O)(=O)N3CCOCC3)c[nH]2)c1. The molecule has 2 amide bonds. The molecule has 0 aliphatic carbocycles. The number of anilines is 1. The summed E-state index contributed by atoms with van der Waals surface area (Å²) in [4.78, 5) is 29.1. The first-order valence-corrected chi connectivity index (χ1v) is 12.0. The summed E-state index contributed by atoms with van der Waals surface area (Å²) in [6.07, 6.45) is 3.01. The Labute approximate surface area is 186 Å². The third kappa shape index (κ3) is 4.85. The second-order valence-corrected chi connectivity index (χ2v) is 9.89. The van der Waals surface area contributed by atoms with Crippen LogP contribution in [0.4, 0.5) is 5.69 Å². The smallest absolute Gasteiger partial charge is 0.272 e. The summed E-state index contributed by atoms with van der Waals surface area (Å²) >= 11 is 0. The fraction of sp³-hybridized carbons (Fsp3) is 0.429. The van der Waals surface area contributed by atoms with Crippen LogP contribution >= 0.6 is 0 Å². The van der Waals surface area contributed by atoms with E-state index in [2.05, 4.69) is 10.3 Å². The molecule has 2 aliphatic heterocycles. The molecule has 32 heavy (non-hydrogen) atoms. The van der Waals surface area contributed by atoms with Crippen LogP contribution in [0.25, 0.3) is 0 Å². The molecular formula is C21H27N5O5S. The highest BCUT2D eigenvalue weighted by atomic mass is 32.2. The highest BCUT2D eigenvalue weighted by Crippen LogP contribution is 2.22. The second kappa shape index (κ2) is 9.41. The highest BCUT2D eigenvalue weighted by Gasteiger charge is 2.29. The van der Waals surface area contributed by atoms with Crippen molar-refractivity contribution in [1.82, 2.24) is 14.2 Å². The molecule has 0 radical (unpaired) electrons. The number of hydrogen-bond donors (Lipinski definition) is 3. The van der Waals surface area contributed by atoms with E-state index in [-0.39, 0.29) is 35.6 Å². The number of aromatic nitrogens is 1. The van der Waals surface area contributed by atoms with Crippen LogP contribution in [0.1, 0.15) is 28.9 Å². The number of carbonyl (C=O) groups is 2. The van der Waals surface area contributed by atoms with Crippen molar-refractivity contribution in [3.05, 3.63) is 47.8 Å². The highest BCUT2D eigenvalue weighted by molar-refractivity contribution is 7.89. The molecule has 0 saturated carbocycles. The number of primary amides is 1. The number of morpholine rings is 1. The monoisotopic (exact) mass is 461 g/mol. The van der Waals surface area contributed by atoms with Crippen molar-refractivity contribution < 1.29 is 22.7 Å². The molecular weight excluding hydrogens is 434 g/mol. The molecule has 172 valence electrons. The second-order valence-electron chi connectivity index (χ2n) is 7.95. The Morgan fingerprint density at radius 2 is 1.97 bits per heavy atom. The minimum absolute atomic E-state index is 0.0461. The minimum atomic E-state index is -3.68. The summed E-state index contributed by atoms with van der Waals surface area (Å²) in [6, 6.07) is 8.41. The van der Waals surface area contributed by atoms with Crippen LogP contribution in [0.2, 0.25) is 0 Å². The molecule has 2 fully saturated rings. The van der Waals surface area contributed by atoms with Gasteiger partial charge in [0.1, 0.15) is 10.6 Å². The van der Waals surface area contributed by atoms with E-state index in [1.54, 1.807) is 6.07 Å². The predicted molar refractivity (Wildman–Crippen MR) is 117 cm³/mol. The molecule has 3 heterocycles. The van der Waals surface area contributed by atoms with E-state index in [1.165, 1.54) is 16.6 Å². The van der Waals surface area contributed by atoms with Gasteiger partial charge in [0.25, 0.3) is 5.91 Å². The lowest BCUT2D eigenvalue weighted by atomic mass is 10.1. The average molecular weight is 462 g/mol. The number of aromatic amines is 1. The molecule has 11 heteroatoms. The maximum Gasteiger partial charge on any atom is 0.272 e. The zero-order chi connectivity index (χ0) is 22.7. The maximum atomic E-state index is 12.7. The number of H-pyrrole nitrogens is 1. The predicted octanol–water partition coefficient (Wildman–Crippen LogP) is 0.738. The van der Waals surface area contributed by atoms with Gasteiger partial charge >= 0.3 is 0 Å². The number of nitrogens with zero attached hydrogens (tertiary/aromatic N) is 2. The topological polar surface area (TPSA) is 138 Å². The molecule has 4 rings (SSSR count). The van der Waals surface area contributed by atoms with Gasteiger partial charge in [-0.3, -0.25) is 14.5 Å². The number of benzene rings is 1. The van der Waals surface area contributed by atoms with Crippen LogP contribution in [-0.2, 0) is 26.1 Å². The zero-order valence-corrected chi connectivity index (χ0v) is 18.4. The lowest BCUT2D eigenvalue weighted by molar-refractivity contribution is -0.122. The van der Waals surface area contributed by atoms with E-state index in [9.17, 15) is 18.0 Å². The lowest BCUT2D eigenvalue weighted by Crippen LogP contribution is -2.40. The molecule has 10 nitrogen and oxygen atoms in total. The average Bonchev–Trinajstić information content (AvgIpc) is 3.45. The number of carbonyl (C=O) groups excluding carboxylic acids is 2. The largest absolute Gasteiger partial charge is 0.379 e. The Morgan fingerprint density at radius 1 is 1.19 bits per heavy atom. The number of amides is 2. The first-order chi connectivity index (χ1) is 15.3. The maximum absolute atomic E-state index is 12.7. The number of sulfonamides is 1. The van der Waals surface area contributed by atoms with E-state index < -0.39 is 15.9 Å². The number of nitrogens with two attached hydrogens (primary N) is 1. The van der Waals surface area contributed by atoms with Crippen molar-refractivity contribution in [3.63, 3.8) is 0 Å². The third-order valence-electron chi connectivity index (χ3n) is 5.77. The molecule has 4 N–H and O–H groups in total. The Balaban J connectivity index is 1.42. The summed E-state index contributed by atoms with van der Waals surface area (Å²) in [6.45, 7) is 2.63. The molecule has 1 aromatic carbocycles. The Kier molecular flexibility index (Phi) is 6.60. The zero-order valence-electron chi connectivity index (χ0n) is 17.6. The molecule has 0 spiro atoms. The van der Waals surface area contributed by atoms with Gasteiger partial charge in [0.05, 0.1) is 19.3 Å². The van der Waals surface area contributed by atoms with Gasteiger partial charge in [-0.15, -0.1) is 0 Å². The normalized spacial score (nSPS) is 20.3. The van der Waals surface area contributed by atoms with Crippen molar-refractivity contribution in [2.24, 2.45) is 5.73 Å². The van der Waals surface area contributed by atoms with Gasteiger partial charge in [0.2, 0.25) is 15.9 Å². The van der Waals surface area contributed by atoms with Gasteiger partial charge in [0, 0.05) is 31.5 Å². The van der Waals surface area contributed by atoms with Gasteiger partial charge in [-0.1, -0.05) is 12.1 Å². The van der Waals surface area contributed by atoms with Crippen LogP contribution < -0.4 is 11.1 Å². The van der Waals surface area contributed by atoms with E-state index in [0.717, 1.165) is 24.9 Å². The quantitative estimate of drug-likeness (QED) is 0.556. The van der Waals surface area contributed by atoms with Gasteiger partial charge in [-0.25, -0.2) is 8.42 Å². The van der Waals surface area contributed by atoms with E-state index in [1.807, 2.05) is 23.1 Å². The summed E-state index contributed by atoms with van der Waals surface area (Å²) < 4.78 is 32.0. The van der Waals surface area contributed by atoms with Gasteiger partial charge < -0.3 is 20.8 Å². The molecule has 1 unspecified atom stereocenters. The van der Waals surface area contributed by atoms with Crippen LogP contribution in [0.5, 0.6) is 0 Å². The number of ether oxygens (including phenoxy) is 1. The Bertz CT molecular complexity index is 1090. The van der Waals surface area contributed by atoms with Crippen molar-refractivity contribution in [3.8, 4) is 0 Å². The Morgan fingerprint density at radius 3 is 2.72 bits per heavy atom. The number of rotatable bonds is 7. The first kappa shape index (κ1) is 22.5. The van der Waals surface area contributed by atoms with Crippen molar-refractivity contribution in [1.29, 1.82) is 0 Å². The lowest BCUT2D eigenvalue weighted by Gasteiger charge is -2.25. The molecule has 2 aromatic rings. The molecule has 1 atom stereocenters.